The zero-order valence-electron chi connectivity index (χ0n) is 18.1. The number of alkyl halides is 3. The van der Waals surface area contributed by atoms with Gasteiger partial charge in [-0.15, -0.1) is 0 Å². The topological polar surface area (TPSA) is 75.7 Å². The summed E-state index contributed by atoms with van der Waals surface area (Å²) in [5, 5.41) is 1.79. The highest BCUT2D eigenvalue weighted by molar-refractivity contribution is 7.92. The second-order valence-electron chi connectivity index (χ2n) is 7.26. The van der Waals surface area contributed by atoms with Crippen LogP contribution in [0.15, 0.2) is 71.6 Å². The molecule has 0 atom stereocenters. The van der Waals surface area contributed by atoms with Gasteiger partial charge in [0.05, 0.1) is 28.3 Å². The summed E-state index contributed by atoms with van der Waals surface area (Å²) >= 11 is 5.61. The first-order valence-electron chi connectivity index (χ1n) is 9.82. The van der Waals surface area contributed by atoms with Gasteiger partial charge in [0, 0.05) is 5.69 Å². The van der Waals surface area contributed by atoms with Crippen molar-refractivity contribution in [1.29, 1.82) is 0 Å². The van der Waals surface area contributed by atoms with Crippen molar-refractivity contribution in [3.8, 4) is 5.75 Å². The molecule has 0 aliphatic heterocycles. The van der Waals surface area contributed by atoms with Gasteiger partial charge >= 0.3 is 6.18 Å². The molecule has 0 aromatic heterocycles. The van der Waals surface area contributed by atoms with E-state index in [1.807, 2.05) is 0 Å². The summed E-state index contributed by atoms with van der Waals surface area (Å²) in [5.41, 5.74) is -0.282. The van der Waals surface area contributed by atoms with E-state index in [2.05, 4.69) is 5.32 Å². The van der Waals surface area contributed by atoms with Crippen LogP contribution >= 0.6 is 11.6 Å². The monoisotopic (exact) mass is 512 g/mol. The molecule has 0 heterocycles. The van der Waals surface area contributed by atoms with Crippen LogP contribution in [0.1, 0.15) is 11.1 Å². The van der Waals surface area contributed by atoms with Crippen LogP contribution in [0.25, 0.3) is 0 Å². The molecule has 0 aliphatic carbocycles. The number of ether oxygens (including phenoxy) is 1. The summed E-state index contributed by atoms with van der Waals surface area (Å²) in [5.74, 6) is -0.372. The van der Waals surface area contributed by atoms with Gasteiger partial charge in [-0.2, -0.15) is 13.2 Å². The van der Waals surface area contributed by atoms with Crippen LogP contribution in [-0.2, 0) is 21.0 Å². The van der Waals surface area contributed by atoms with Gasteiger partial charge in [0.1, 0.15) is 12.3 Å². The lowest BCUT2D eigenvalue weighted by Gasteiger charge is -2.24. The van der Waals surface area contributed by atoms with E-state index in [1.54, 1.807) is 19.1 Å². The Morgan fingerprint density at radius 2 is 1.65 bits per heavy atom. The molecule has 0 fully saturated rings. The van der Waals surface area contributed by atoms with Crippen molar-refractivity contribution in [2.75, 3.05) is 23.3 Å². The van der Waals surface area contributed by atoms with Crippen LogP contribution in [-0.4, -0.2) is 28.0 Å². The highest BCUT2D eigenvalue weighted by Gasteiger charge is 2.34. The van der Waals surface area contributed by atoms with Crippen LogP contribution in [0.3, 0.4) is 0 Å². The number of nitrogens with one attached hydrogen (secondary N) is 1. The SMILES string of the molecule is COc1ccc(N(CC(=O)Nc2ccc(Cl)c(C(F)(F)F)c2)S(=O)(=O)c2ccc(C)cc2)cc1. The van der Waals surface area contributed by atoms with Crippen molar-refractivity contribution < 1.29 is 31.1 Å². The fourth-order valence-electron chi connectivity index (χ4n) is 3.05. The van der Waals surface area contributed by atoms with E-state index in [4.69, 9.17) is 16.3 Å². The molecule has 34 heavy (non-hydrogen) atoms. The van der Waals surface area contributed by atoms with Crippen LogP contribution in [0.2, 0.25) is 5.02 Å². The van der Waals surface area contributed by atoms with Gasteiger partial charge in [0.15, 0.2) is 0 Å². The number of benzene rings is 3. The fourth-order valence-corrected chi connectivity index (χ4v) is 4.70. The number of sulfonamides is 1. The van der Waals surface area contributed by atoms with E-state index >= 15 is 0 Å². The summed E-state index contributed by atoms with van der Waals surface area (Å²) in [7, 11) is -2.74. The average molecular weight is 513 g/mol. The first kappa shape index (κ1) is 25.4. The molecule has 3 rings (SSSR count). The van der Waals surface area contributed by atoms with Crippen LogP contribution in [0.5, 0.6) is 5.75 Å². The Labute approximate surface area is 200 Å². The minimum atomic E-state index is -4.72. The van der Waals surface area contributed by atoms with Gasteiger partial charge in [-0.1, -0.05) is 29.3 Å². The van der Waals surface area contributed by atoms with Crippen molar-refractivity contribution in [1.82, 2.24) is 0 Å². The van der Waals surface area contributed by atoms with E-state index in [0.29, 0.717) is 11.8 Å². The van der Waals surface area contributed by atoms with Crippen molar-refractivity contribution >= 4 is 38.9 Å². The normalized spacial score (nSPS) is 11.7. The number of hydrogen-bond donors (Lipinski definition) is 1. The number of carbonyl (C=O) groups excluding carboxylic acids is 1. The second kappa shape index (κ2) is 9.94. The van der Waals surface area contributed by atoms with Crippen molar-refractivity contribution in [2.24, 2.45) is 0 Å². The van der Waals surface area contributed by atoms with Crippen LogP contribution < -0.4 is 14.4 Å². The van der Waals surface area contributed by atoms with Gasteiger partial charge in [-0.05, 0) is 61.5 Å². The first-order chi connectivity index (χ1) is 15.9. The molecule has 6 nitrogen and oxygen atoms in total. The molecule has 0 radical (unpaired) electrons. The van der Waals surface area contributed by atoms with E-state index in [0.717, 1.165) is 15.9 Å². The second-order valence-corrected chi connectivity index (χ2v) is 9.53. The Kier molecular flexibility index (Phi) is 7.42. The number of amides is 1. The van der Waals surface area contributed by atoms with Crippen molar-refractivity contribution in [2.45, 2.75) is 18.0 Å². The zero-order valence-corrected chi connectivity index (χ0v) is 19.6. The number of halogens is 4. The molecule has 1 amide bonds. The third kappa shape index (κ3) is 5.81. The number of aryl methyl sites for hydroxylation is 1. The van der Waals surface area contributed by atoms with E-state index in [1.165, 1.54) is 49.6 Å². The van der Waals surface area contributed by atoms with Gasteiger partial charge in [-0.3, -0.25) is 9.10 Å². The minimum absolute atomic E-state index is 0.0485. The molecule has 3 aromatic rings. The van der Waals surface area contributed by atoms with Gasteiger partial charge < -0.3 is 10.1 Å². The Bertz CT molecular complexity index is 1280. The van der Waals surface area contributed by atoms with Crippen molar-refractivity contribution in [3.05, 3.63) is 82.9 Å². The van der Waals surface area contributed by atoms with E-state index in [9.17, 15) is 26.4 Å². The Morgan fingerprint density at radius 1 is 1.03 bits per heavy atom. The summed E-state index contributed by atoms with van der Waals surface area (Å²) in [6.45, 7) is 1.11. The lowest BCUT2D eigenvalue weighted by molar-refractivity contribution is -0.137. The summed E-state index contributed by atoms with van der Waals surface area (Å²) < 4.78 is 72.1. The minimum Gasteiger partial charge on any atom is -0.497 e. The van der Waals surface area contributed by atoms with E-state index < -0.39 is 39.2 Å². The Morgan fingerprint density at radius 3 is 2.21 bits per heavy atom. The fraction of sp³-hybridized carbons (Fsp3) is 0.174. The summed E-state index contributed by atoms with van der Waals surface area (Å²) in [6, 6.07) is 14.9. The quantitative estimate of drug-likeness (QED) is 0.453. The van der Waals surface area contributed by atoms with Crippen molar-refractivity contribution in [3.63, 3.8) is 0 Å². The smallest absolute Gasteiger partial charge is 0.417 e. The Hall–Kier alpha value is -3.24. The molecule has 0 unspecified atom stereocenters. The van der Waals surface area contributed by atoms with E-state index in [-0.39, 0.29) is 16.3 Å². The zero-order chi connectivity index (χ0) is 25.1. The number of anilines is 2. The summed E-state index contributed by atoms with van der Waals surface area (Å²) in [6.07, 6.45) is -4.72. The number of hydrogen-bond acceptors (Lipinski definition) is 4. The third-order valence-electron chi connectivity index (χ3n) is 4.81. The first-order valence-corrected chi connectivity index (χ1v) is 11.6. The third-order valence-corrected chi connectivity index (χ3v) is 6.93. The number of rotatable bonds is 7. The summed E-state index contributed by atoms with van der Waals surface area (Å²) in [4.78, 5) is 12.7. The molecule has 0 saturated carbocycles. The lowest BCUT2D eigenvalue weighted by Crippen LogP contribution is -2.38. The Balaban J connectivity index is 1.94. The molecule has 0 saturated heterocycles. The average Bonchev–Trinajstić information content (AvgIpc) is 2.78. The lowest BCUT2D eigenvalue weighted by atomic mass is 10.2. The molecular weight excluding hydrogens is 493 g/mol. The molecule has 0 aliphatic rings. The van der Waals surface area contributed by atoms with Gasteiger partial charge in [0.2, 0.25) is 5.91 Å². The largest absolute Gasteiger partial charge is 0.497 e. The predicted molar refractivity (Wildman–Crippen MR) is 124 cm³/mol. The maximum Gasteiger partial charge on any atom is 0.417 e. The molecule has 180 valence electrons. The molecule has 1 N–H and O–H groups in total. The predicted octanol–water partition coefficient (Wildman–Crippen LogP) is 5.51. The van der Waals surface area contributed by atoms with Crippen LogP contribution in [0.4, 0.5) is 24.5 Å². The van der Waals surface area contributed by atoms with Gasteiger partial charge in [-0.25, -0.2) is 8.42 Å². The molecule has 0 bridgehead atoms. The maximum absolute atomic E-state index is 13.4. The van der Waals surface area contributed by atoms with Gasteiger partial charge in [0.25, 0.3) is 10.0 Å². The number of carbonyl (C=O) groups is 1. The standard InChI is InChI=1S/C23H20ClF3N2O4S/c1-15-3-10-19(11-4-15)34(31,32)29(17-6-8-18(33-2)9-7-17)14-22(30)28-16-5-12-21(24)20(13-16)23(25,26)27/h3-13H,14H2,1-2H3,(H,28,30). The highest BCUT2D eigenvalue weighted by Crippen LogP contribution is 2.36. The maximum atomic E-state index is 13.4. The number of methoxy groups -OCH3 is 1. The molecular formula is C23H20ClF3N2O4S. The molecule has 0 spiro atoms. The van der Waals surface area contributed by atoms with Crippen LogP contribution in [0, 0.1) is 6.92 Å². The molecule has 3 aromatic carbocycles. The molecule has 11 heteroatoms. The number of nitrogens with zero attached hydrogens (tertiary/aromatic N) is 1. The highest BCUT2D eigenvalue weighted by atomic mass is 35.5.